The van der Waals surface area contributed by atoms with Gasteiger partial charge in [0.2, 0.25) is 0 Å². The first-order valence-corrected chi connectivity index (χ1v) is 9.59. The number of amides is 1. The monoisotopic (exact) mass is 400 g/mol. The minimum absolute atomic E-state index is 0.0968. The van der Waals surface area contributed by atoms with Gasteiger partial charge in [-0.05, 0) is 26.7 Å². The van der Waals surface area contributed by atoms with E-state index in [1.807, 2.05) is 13.8 Å². The molecule has 0 saturated heterocycles. The van der Waals surface area contributed by atoms with Crippen LogP contribution in [-0.2, 0) is 14.3 Å². The Bertz CT molecular complexity index is 665. The number of carboxylic acid groups (broad SMARTS) is 1. The topological polar surface area (TPSA) is 106 Å². The van der Waals surface area contributed by atoms with E-state index in [1.54, 1.807) is 27.8 Å². The summed E-state index contributed by atoms with van der Waals surface area (Å²) in [5.74, 6) is -1.40. The van der Waals surface area contributed by atoms with Crippen LogP contribution in [0.3, 0.4) is 0 Å². The molecular weight excluding hydrogens is 372 g/mol. The molecule has 0 aromatic carbocycles. The zero-order valence-corrected chi connectivity index (χ0v) is 17.5. The number of carbonyl (C=O) groups is 3. The van der Waals surface area contributed by atoms with Crippen LogP contribution in [0.1, 0.15) is 69.1 Å². The number of ether oxygens (including phenoxy) is 2. The van der Waals surface area contributed by atoms with E-state index in [0.29, 0.717) is 5.01 Å². The second-order valence-corrected chi connectivity index (χ2v) is 8.53. The molecule has 0 aliphatic heterocycles. The van der Waals surface area contributed by atoms with Crippen LogP contribution < -0.4 is 0 Å². The third-order valence-corrected chi connectivity index (χ3v) is 4.23. The quantitative estimate of drug-likeness (QED) is 0.663. The van der Waals surface area contributed by atoms with E-state index >= 15 is 0 Å². The number of carbonyl (C=O) groups excluding carboxylic acids is 2. The van der Waals surface area contributed by atoms with Crippen molar-refractivity contribution in [3.8, 4) is 0 Å². The van der Waals surface area contributed by atoms with Crippen molar-refractivity contribution in [3.05, 3.63) is 16.1 Å². The first-order valence-electron chi connectivity index (χ1n) is 8.71. The van der Waals surface area contributed by atoms with Crippen LogP contribution in [0.25, 0.3) is 0 Å². The first kappa shape index (κ1) is 22.9. The predicted molar refractivity (Wildman–Crippen MR) is 101 cm³/mol. The van der Waals surface area contributed by atoms with Gasteiger partial charge in [-0.2, -0.15) is 0 Å². The van der Waals surface area contributed by atoms with Gasteiger partial charge in [-0.25, -0.2) is 14.6 Å². The van der Waals surface area contributed by atoms with Gasteiger partial charge in [0.15, 0.2) is 11.8 Å². The molecule has 27 heavy (non-hydrogen) atoms. The van der Waals surface area contributed by atoms with Gasteiger partial charge < -0.3 is 19.5 Å². The lowest BCUT2D eigenvalue weighted by molar-refractivity contribution is -0.150. The molecule has 152 valence electrons. The van der Waals surface area contributed by atoms with Crippen LogP contribution in [0.5, 0.6) is 0 Å². The summed E-state index contributed by atoms with van der Waals surface area (Å²) in [7, 11) is 1.59. The minimum Gasteiger partial charge on any atom is -0.476 e. The van der Waals surface area contributed by atoms with Crippen LogP contribution in [0.15, 0.2) is 5.38 Å². The zero-order valence-electron chi connectivity index (χ0n) is 16.6. The average Bonchev–Trinajstić information content (AvgIpc) is 2.98. The highest BCUT2D eigenvalue weighted by Gasteiger charge is 2.25. The molecule has 1 amide bonds. The summed E-state index contributed by atoms with van der Waals surface area (Å²) >= 11 is 1.11. The number of esters is 1. The van der Waals surface area contributed by atoms with Crippen molar-refractivity contribution in [2.45, 2.75) is 59.2 Å². The van der Waals surface area contributed by atoms with Crippen molar-refractivity contribution in [1.29, 1.82) is 0 Å². The average molecular weight is 400 g/mol. The molecule has 0 aliphatic rings. The summed E-state index contributed by atoms with van der Waals surface area (Å²) in [4.78, 5) is 40.6. The van der Waals surface area contributed by atoms with Crippen LogP contribution in [0.2, 0.25) is 0 Å². The third kappa shape index (κ3) is 8.38. The number of nitrogens with zero attached hydrogens (tertiary/aromatic N) is 2. The molecule has 0 fully saturated rings. The van der Waals surface area contributed by atoms with E-state index in [0.717, 1.165) is 11.3 Å². The fourth-order valence-corrected chi connectivity index (χ4v) is 2.90. The Morgan fingerprint density at radius 1 is 1.30 bits per heavy atom. The Morgan fingerprint density at radius 3 is 2.41 bits per heavy atom. The molecule has 0 spiro atoms. The maximum Gasteiger partial charge on any atom is 0.410 e. The summed E-state index contributed by atoms with van der Waals surface area (Å²) < 4.78 is 10.8. The molecule has 1 rings (SSSR count). The lowest BCUT2D eigenvalue weighted by Crippen LogP contribution is -2.35. The van der Waals surface area contributed by atoms with Gasteiger partial charge in [0, 0.05) is 31.8 Å². The number of aromatic nitrogens is 1. The first-order chi connectivity index (χ1) is 12.4. The van der Waals surface area contributed by atoms with Gasteiger partial charge in [0.1, 0.15) is 10.6 Å². The fraction of sp³-hybridized carbons (Fsp3) is 0.667. The molecular formula is C18H28N2O6S. The molecule has 0 aliphatic carbocycles. The Morgan fingerprint density at radius 2 is 1.93 bits per heavy atom. The maximum atomic E-state index is 12.1. The fourth-order valence-electron chi connectivity index (χ4n) is 2.05. The summed E-state index contributed by atoms with van der Waals surface area (Å²) in [6, 6.07) is 0. The molecule has 1 unspecified atom stereocenters. The van der Waals surface area contributed by atoms with Crippen LogP contribution in [0, 0.1) is 5.92 Å². The Kier molecular flexibility index (Phi) is 8.20. The Hall–Kier alpha value is -2.16. The van der Waals surface area contributed by atoms with Crippen molar-refractivity contribution in [1.82, 2.24) is 9.88 Å². The van der Waals surface area contributed by atoms with Crippen LogP contribution >= 0.6 is 11.3 Å². The van der Waals surface area contributed by atoms with Gasteiger partial charge >= 0.3 is 18.0 Å². The molecule has 0 bridgehead atoms. The molecule has 1 N–H and O–H groups in total. The molecule has 1 aromatic heterocycles. The van der Waals surface area contributed by atoms with Crippen LogP contribution in [0.4, 0.5) is 4.79 Å². The van der Waals surface area contributed by atoms with Gasteiger partial charge in [0.05, 0.1) is 0 Å². The highest BCUT2D eigenvalue weighted by molar-refractivity contribution is 7.09. The van der Waals surface area contributed by atoms with Crippen molar-refractivity contribution >= 4 is 29.4 Å². The van der Waals surface area contributed by atoms with Crippen molar-refractivity contribution in [3.63, 3.8) is 0 Å². The Balaban J connectivity index is 2.82. The summed E-state index contributed by atoms with van der Waals surface area (Å²) in [6.07, 6.45) is -0.679. The van der Waals surface area contributed by atoms with Gasteiger partial charge in [0.25, 0.3) is 0 Å². The smallest absolute Gasteiger partial charge is 0.410 e. The van der Waals surface area contributed by atoms with E-state index in [1.165, 1.54) is 10.3 Å². The van der Waals surface area contributed by atoms with Crippen molar-refractivity contribution in [2.75, 3.05) is 13.6 Å². The molecule has 9 heteroatoms. The van der Waals surface area contributed by atoms with E-state index in [-0.39, 0.29) is 37.0 Å². The summed E-state index contributed by atoms with van der Waals surface area (Å²) in [5, 5.41) is 10.8. The van der Waals surface area contributed by atoms with Gasteiger partial charge in [-0.15, -0.1) is 11.3 Å². The number of carboxylic acids is 1. The van der Waals surface area contributed by atoms with E-state index in [9.17, 15) is 14.4 Å². The second-order valence-electron chi connectivity index (χ2n) is 7.64. The Labute approximate surface area is 163 Å². The van der Waals surface area contributed by atoms with E-state index in [2.05, 4.69) is 4.98 Å². The second kappa shape index (κ2) is 9.68. The maximum absolute atomic E-state index is 12.1. The van der Waals surface area contributed by atoms with Gasteiger partial charge in [-0.1, -0.05) is 13.8 Å². The van der Waals surface area contributed by atoms with E-state index in [4.69, 9.17) is 14.6 Å². The lowest BCUT2D eigenvalue weighted by Gasteiger charge is -2.25. The molecule has 1 heterocycles. The van der Waals surface area contributed by atoms with Crippen molar-refractivity contribution < 1.29 is 29.0 Å². The highest BCUT2D eigenvalue weighted by atomic mass is 32.1. The largest absolute Gasteiger partial charge is 0.476 e. The number of rotatable bonds is 8. The number of thiazole rings is 1. The number of hydrogen-bond donors (Lipinski definition) is 1. The number of aromatic carboxylic acids is 1. The summed E-state index contributed by atoms with van der Waals surface area (Å²) in [5.41, 5.74) is -0.708. The third-order valence-electron chi connectivity index (χ3n) is 3.30. The molecule has 1 aromatic rings. The molecule has 1 atom stereocenters. The van der Waals surface area contributed by atoms with Crippen molar-refractivity contribution in [2.24, 2.45) is 5.92 Å². The standard InChI is InChI=1S/C18H28N2O6S/c1-11(2)9-14(21)25-13(15-19-12(10-27-15)16(22)23)7-8-20(6)17(24)26-18(3,4)5/h10-11,13H,7-9H2,1-6H3,(H,22,23). The van der Waals surface area contributed by atoms with Gasteiger partial charge in [-0.3, -0.25) is 4.79 Å². The summed E-state index contributed by atoms with van der Waals surface area (Å²) in [6.45, 7) is 9.39. The lowest BCUT2D eigenvalue weighted by atomic mass is 10.1. The molecule has 8 nitrogen and oxygen atoms in total. The molecule has 0 radical (unpaired) electrons. The molecule has 0 saturated carbocycles. The normalized spacial score (nSPS) is 12.6. The van der Waals surface area contributed by atoms with Crippen LogP contribution in [-0.4, -0.2) is 52.2 Å². The zero-order chi connectivity index (χ0) is 20.8. The SMILES string of the molecule is CC(C)CC(=O)OC(CCN(C)C(=O)OC(C)(C)C)c1nc(C(=O)O)cs1. The van der Waals surface area contributed by atoms with E-state index < -0.39 is 23.8 Å². The predicted octanol–water partition coefficient (Wildman–Crippen LogP) is 3.73. The minimum atomic E-state index is -1.14. The highest BCUT2D eigenvalue weighted by Crippen LogP contribution is 2.26. The number of hydrogen-bond acceptors (Lipinski definition) is 7.